The maximum absolute atomic E-state index is 12.3. The van der Waals surface area contributed by atoms with Gasteiger partial charge in [-0.25, -0.2) is 14.8 Å². The van der Waals surface area contributed by atoms with Gasteiger partial charge in [-0.2, -0.15) is 9.78 Å². The Morgan fingerprint density at radius 2 is 2.04 bits per heavy atom. The standard InChI is InChI=1S/C19H19N5O2S/c1-11-21-14-7-8-27-16(14)17(22-11)23-13-5-6-15-12(9-13)10-20-24(15)18(25)26-19(2,3)4/h5-10H,1-4H3,(H,21,22,23). The van der Waals surface area contributed by atoms with Crippen LogP contribution in [0.5, 0.6) is 0 Å². The maximum atomic E-state index is 12.3. The molecule has 0 bridgehead atoms. The van der Waals surface area contributed by atoms with Gasteiger partial charge in [0.05, 0.1) is 21.9 Å². The Kier molecular flexibility index (Phi) is 4.07. The number of fused-ring (bicyclic) bond motifs is 2. The van der Waals surface area contributed by atoms with Crippen LogP contribution in [0, 0.1) is 6.92 Å². The molecule has 0 amide bonds. The van der Waals surface area contributed by atoms with E-state index in [1.54, 1.807) is 17.5 Å². The number of benzene rings is 1. The van der Waals surface area contributed by atoms with Crippen molar-refractivity contribution in [2.75, 3.05) is 5.32 Å². The van der Waals surface area contributed by atoms with Gasteiger partial charge in [0.1, 0.15) is 11.4 Å². The average Bonchev–Trinajstić information content (AvgIpc) is 3.19. The van der Waals surface area contributed by atoms with E-state index in [0.717, 1.165) is 27.1 Å². The molecule has 0 saturated heterocycles. The first kappa shape index (κ1) is 17.4. The van der Waals surface area contributed by atoms with E-state index in [2.05, 4.69) is 20.4 Å². The SMILES string of the molecule is Cc1nc(Nc2ccc3c(cnn3C(=O)OC(C)(C)C)c2)c2sccc2n1. The molecule has 1 aromatic carbocycles. The van der Waals surface area contributed by atoms with Crippen LogP contribution in [0.1, 0.15) is 26.6 Å². The first-order valence-corrected chi connectivity index (χ1v) is 9.38. The average molecular weight is 381 g/mol. The van der Waals surface area contributed by atoms with Gasteiger partial charge in [-0.3, -0.25) is 0 Å². The van der Waals surface area contributed by atoms with E-state index in [1.807, 2.05) is 57.3 Å². The van der Waals surface area contributed by atoms with Crippen molar-refractivity contribution in [2.45, 2.75) is 33.3 Å². The number of carbonyl (C=O) groups excluding carboxylic acids is 1. The third-order valence-corrected chi connectivity index (χ3v) is 4.72. The Bertz CT molecular complexity index is 1160. The highest BCUT2D eigenvalue weighted by molar-refractivity contribution is 7.17. The molecule has 138 valence electrons. The third-order valence-electron chi connectivity index (χ3n) is 3.81. The van der Waals surface area contributed by atoms with E-state index in [1.165, 1.54) is 4.68 Å². The lowest BCUT2D eigenvalue weighted by atomic mass is 10.2. The van der Waals surface area contributed by atoms with Crippen molar-refractivity contribution >= 4 is 50.1 Å². The second-order valence-corrected chi connectivity index (χ2v) is 8.11. The van der Waals surface area contributed by atoms with Crippen molar-refractivity contribution in [3.8, 4) is 0 Å². The van der Waals surface area contributed by atoms with Crippen LogP contribution in [-0.2, 0) is 4.74 Å². The van der Waals surface area contributed by atoms with Crippen LogP contribution in [0.2, 0.25) is 0 Å². The van der Waals surface area contributed by atoms with Gasteiger partial charge in [0.2, 0.25) is 0 Å². The second kappa shape index (κ2) is 6.31. The number of anilines is 2. The number of hydrogen-bond donors (Lipinski definition) is 1. The molecule has 4 aromatic rings. The predicted molar refractivity (Wildman–Crippen MR) is 107 cm³/mol. The summed E-state index contributed by atoms with van der Waals surface area (Å²) in [5, 5.41) is 10.4. The molecule has 0 spiro atoms. The van der Waals surface area contributed by atoms with Gasteiger partial charge >= 0.3 is 6.09 Å². The number of aromatic nitrogens is 4. The number of ether oxygens (including phenoxy) is 1. The van der Waals surface area contributed by atoms with Gasteiger partial charge in [-0.05, 0) is 57.3 Å². The van der Waals surface area contributed by atoms with E-state index >= 15 is 0 Å². The zero-order valence-corrected chi connectivity index (χ0v) is 16.3. The normalized spacial score (nSPS) is 11.9. The lowest BCUT2D eigenvalue weighted by Crippen LogP contribution is -2.27. The second-order valence-electron chi connectivity index (χ2n) is 7.19. The van der Waals surface area contributed by atoms with Crippen molar-refractivity contribution in [2.24, 2.45) is 0 Å². The summed E-state index contributed by atoms with van der Waals surface area (Å²) >= 11 is 1.59. The Morgan fingerprint density at radius 1 is 1.22 bits per heavy atom. The lowest BCUT2D eigenvalue weighted by Gasteiger charge is -2.19. The molecule has 1 N–H and O–H groups in total. The molecule has 0 aliphatic rings. The first-order chi connectivity index (χ1) is 12.8. The number of nitrogens with zero attached hydrogens (tertiary/aromatic N) is 4. The molecule has 0 radical (unpaired) electrons. The van der Waals surface area contributed by atoms with E-state index in [0.29, 0.717) is 11.3 Å². The molecule has 0 aliphatic heterocycles. The van der Waals surface area contributed by atoms with Gasteiger partial charge < -0.3 is 10.1 Å². The van der Waals surface area contributed by atoms with Crippen LogP contribution in [0.25, 0.3) is 21.1 Å². The summed E-state index contributed by atoms with van der Waals surface area (Å²) < 4.78 is 7.68. The molecular formula is C19H19N5O2S. The molecular weight excluding hydrogens is 362 g/mol. The minimum absolute atomic E-state index is 0.495. The molecule has 0 atom stereocenters. The lowest BCUT2D eigenvalue weighted by molar-refractivity contribution is 0.0522. The fourth-order valence-electron chi connectivity index (χ4n) is 2.76. The molecule has 3 heterocycles. The van der Waals surface area contributed by atoms with Crippen LogP contribution in [-0.4, -0.2) is 31.4 Å². The minimum Gasteiger partial charge on any atom is -0.442 e. The van der Waals surface area contributed by atoms with Gasteiger partial charge in [-0.1, -0.05) is 0 Å². The molecule has 7 nitrogen and oxygen atoms in total. The summed E-state index contributed by atoms with van der Waals surface area (Å²) in [6.45, 7) is 7.35. The highest BCUT2D eigenvalue weighted by Crippen LogP contribution is 2.29. The largest absolute Gasteiger partial charge is 0.442 e. The first-order valence-electron chi connectivity index (χ1n) is 8.50. The van der Waals surface area contributed by atoms with Crippen LogP contribution < -0.4 is 5.32 Å². The molecule has 8 heteroatoms. The fraction of sp³-hybridized carbons (Fsp3) is 0.263. The molecule has 0 aliphatic carbocycles. The summed E-state index contributed by atoms with van der Waals surface area (Å²) in [7, 11) is 0. The van der Waals surface area contributed by atoms with Crippen LogP contribution in [0.3, 0.4) is 0 Å². The number of nitrogens with one attached hydrogen (secondary N) is 1. The maximum Gasteiger partial charge on any atom is 0.435 e. The van der Waals surface area contributed by atoms with Crippen molar-refractivity contribution in [1.82, 2.24) is 19.7 Å². The van der Waals surface area contributed by atoms with Crippen LogP contribution >= 0.6 is 11.3 Å². The Balaban J connectivity index is 1.66. The van der Waals surface area contributed by atoms with Gasteiger partial charge in [0.15, 0.2) is 5.82 Å². The highest BCUT2D eigenvalue weighted by Gasteiger charge is 2.20. The van der Waals surface area contributed by atoms with E-state index < -0.39 is 11.7 Å². The fourth-order valence-corrected chi connectivity index (χ4v) is 3.54. The zero-order chi connectivity index (χ0) is 19.2. The zero-order valence-electron chi connectivity index (χ0n) is 15.5. The van der Waals surface area contributed by atoms with Crippen LogP contribution in [0.4, 0.5) is 16.3 Å². The predicted octanol–water partition coefficient (Wildman–Crippen LogP) is 4.88. The summed E-state index contributed by atoms with van der Waals surface area (Å²) in [6.07, 6.45) is 1.15. The number of hydrogen-bond acceptors (Lipinski definition) is 7. The number of thiophene rings is 1. The van der Waals surface area contributed by atoms with E-state index in [9.17, 15) is 4.79 Å². The molecule has 0 fully saturated rings. The number of aryl methyl sites for hydroxylation is 1. The van der Waals surface area contributed by atoms with E-state index in [-0.39, 0.29) is 0 Å². The van der Waals surface area contributed by atoms with Crippen LogP contribution in [0.15, 0.2) is 35.8 Å². The minimum atomic E-state index is -0.576. The summed E-state index contributed by atoms with van der Waals surface area (Å²) in [5.74, 6) is 1.48. The van der Waals surface area contributed by atoms with Crippen molar-refractivity contribution in [3.05, 3.63) is 41.7 Å². The molecule has 4 rings (SSSR count). The number of carbonyl (C=O) groups is 1. The Morgan fingerprint density at radius 3 is 2.81 bits per heavy atom. The molecule has 0 saturated carbocycles. The summed E-state index contributed by atoms with van der Waals surface area (Å²) in [5.41, 5.74) is 1.90. The van der Waals surface area contributed by atoms with Crippen molar-refractivity contribution in [3.63, 3.8) is 0 Å². The van der Waals surface area contributed by atoms with Gasteiger partial charge in [0, 0.05) is 11.1 Å². The van der Waals surface area contributed by atoms with Crippen molar-refractivity contribution < 1.29 is 9.53 Å². The molecule has 3 aromatic heterocycles. The summed E-state index contributed by atoms with van der Waals surface area (Å²) in [6, 6.07) is 7.64. The third kappa shape index (κ3) is 3.48. The van der Waals surface area contributed by atoms with E-state index in [4.69, 9.17) is 4.74 Å². The van der Waals surface area contributed by atoms with Gasteiger partial charge in [0.25, 0.3) is 0 Å². The highest BCUT2D eigenvalue weighted by atomic mass is 32.1. The molecule has 27 heavy (non-hydrogen) atoms. The quantitative estimate of drug-likeness (QED) is 0.533. The monoisotopic (exact) mass is 381 g/mol. The smallest absolute Gasteiger partial charge is 0.435 e. The van der Waals surface area contributed by atoms with Gasteiger partial charge in [-0.15, -0.1) is 11.3 Å². The summed E-state index contributed by atoms with van der Waals surface area (Å²) in [4.78, 5) is 21.3. The molecule has 0 unspecified atom stereocenters. The number of rotatable bonds is 2. The van der Waals surface area contributed by atoms with Crippen molar-refractivity contribution in [1.29, 1.82) is 0 Å². The Hall–Kier alpha value is -3.00. The topological polar surface area (TPSA) is 81.9 Å². The Labute approximate surface area is 160 Å².